The van der Waals surface area contributed by atoms with Crippen LogP contribution in [0.3, 0.4) is 0 Å². The number of hydrogen-bond donors (Lipinski definition) is 2. The maximum absolute atomic E-state index is 12.8. The van der Waals surface area contributed by atoms with Crippen LogP contribution in [0.15, 0.2) is 18.2 Å². The number of nitrogens with two attached hydrogens (primary N) is 1. The summed E-state index contributed by atoms with van der Waals surface area (Å²) in [6.45, 7) is 4.42. The molecule has 1 aromatic carbocycles. The second-order valence-corrected chi connectivity index (χ2v) is 3.30. The van der Waals surface area contributed by atoms with E-state index in [1.165, 1.54) is 12.1 Å². The summed E-state index contributed by atoms with van der Waals surface area (Å²) in [5.74, 6) is -0.241. The van der Waals surface area contributed by atoms with Crippen LogP contribution < -0.4 is 11.1 Å². The molecule has 0 aliphatic heterocycles. The van der Waals surface area contributed by atoms with Crippen molar-refractivity contribution in [3.05, 3.63) is 29.6 Å². The van der Waals surface area contributed by atoms with Crippen LogP contribution >= 0.6 is 0 Å². The summed E-state index contributed by atoms with van der Waals surface area (Å²) in [6, 6.07) is 4.95. The van der Waals surface area contributed by atoms with Gasteiger partial charge in [-0.15, -0.1) is 0 Å². The first-order valence-electron chi connectivity index (χ1n) is 4.38. The van der Waals surface area contributed by atoms with E-state index in [4.69, 9.17) is 5.73 Å². The molecule has 13 heavy (non-hydrogen) atoms. The maximum atomic E-state index is 12.8. The number of anilines is 1. The molecule has 1 rings (SSSR count). The van der Waals surface area contributed by atoms with Crippen LogP contribution in [0.25, 0.3) is 0 Å². The van der Waals surface area contributed by atoms with E-state index in [9.17, 15) is 4.39 Å². The summed E-state index contributed by atoms with van der Waals surface area (Å²) in [5, 5.41) is 3.20. The Balaban J connectivity index is 2.92. The van der Waals surface area contributed by atoms with Gasteiger partial charge in [-0.25, -0.2) is 4.39 Å². The molecule has 0 spiro atoms. The molecule has 0 saturated heterocycles. The first kappa shape index (κ1) is 9.99. The van der Waals surface area contributed by atoms with Crippen LogP contribution in [0.4, 0.5) is 10.1 Å². The second kappa shape index (κ2) is 4.23. The third kappa shape index (κ3) is 2.70. The molecule has 2 nitrogen and oxygen atoms in total. The number of benzene rings is 1. The Hall–Kier alpha value is -1.09. The molecule has 0 aromatic heterocycles. The lowest BCUT2D eigenvalue weighted by molar-refractivity contribution is 0.625. The highest BCUT2D eigenvalue weighted by Crippen LogP contribution is 2.17. The smallest absolute Gasteiger partial charge is 0.123 e. The van der Waals surface area contributed by atoms with Gasteiger partial charge in [0.1, 0.15) is 5.82 Å². The number of rotatable bonds is 3. The molecule has 0 unspecified atom stereocenters. The van der Waals surface area contributed by atoms with E-state index < -0.39 is 0 Å². The predicted molar refractivity (Wildman–Crippen MR) is 53.1 cm³/mol. The fourth-order valence-corrected chi connectivity index (χ4v) is 1.18. The van der Waals surface area contributed by atoms with Crippen LogP contribution in [-0.2, 0) is 6.54 Å². The number of hydrogen-bond acceptors (Lipinski definition) is 2. The lowest BCUT2D eigenvalue weighted by Gasteiger charge is -2.13. The topological polar surface area (TPSA) is 38.0 Å². The Bertz CT molecular complexity index is 284. The molecule has 3 N–H and O–H groups in total. The average molecular weight is 182 g/mol. The van der Waals surface area contributed by atoms with E-state index in [2.05, 4.69) is 5.32 Å². The Labute approximate surface area is 77.9 Å². The lowest BCUT2D eigenvalue weighted by atomic mass is 10.1. The summed E-state index contributed by atoms with van der Waals surface area (Å²) in [6.07, 6.45) is 0. The van der Waals surface area contributed by atoms with Gasteiger partial charge in [-0.1, -0.05) is 0 Å². The minimum atomic E-state index is -0.241. The standard InChI is InChI=1S/C10H15FN2/c1-7(2)13-10-4-3-9(11)5-8(10)6-12/h3-5,7,13H,6,12H2,1-2H3. The molecule has 0 saturated carbocycles. The normalized spacial score (nSPS) is 10.5. The van der Waals surface area contributed by atoms with Crippen LogP contribution in [0.5, 0.6) is 0 Å². The SMILES string of the molecule is CC(C)Nc1ccc(F)cc1CN. The highest BCUT2D eigenvalue weighted by atomic mass is 19.1. The molecule has 0 fully saturated rings. The Morgan fingerprint density at radius 3 is 2.69 bits per heavy atom. The van der Waals surface area contributed by atoms with E-state index >= 15 is 0 Å². The van der Waals surface area contributed by atoms with Gasteiger partial charge in [-0.05, 0) is 37.6 Å². The summed E-state index contributed by atoms with van der Waals surface area (Å²) in [7, 11) is 0. The molecule has 0 bridgehead atoms. The van der Waals surface area contributed by atoms with Crippen molar-refractivity contribution < 1.29 is 4.39 Å². The van der Waals surface area contributed by atoms with Gasteiger partial charge in [0.25, 0.3) is 0 Å². The van der Waals surface area contributed by atoms with Gasteiger partial charge in [0, 0.05) is 18.3 Å². The van der Waals surface area contributed by atoms with Gasteiger partial charge in [0.05, 0.1) is 0 Å². The quantitative estimate of drug-likeness (QED) is 0.751. The van der Waals surface area contributed by atoms with Gasteiger partial charge >= 0.3 is 0 Å². The predicted octanol–water partition coefficient (Wildman–Crippen LogP) is 2.10. The van der Waals surface area contributed by atoms with Crippen molar-refractivity contribution in [3.8, 4) is 0 Å². The third-order valence-electron chi connectivity index (χ3n) is 1.73. The molecule has 0 aliphatic rings. The molecule has 0 amide bonds. The summed E-state index contributed by atoms with van der Waals surface area (Å²) in [4.78, 5) is 0. The van der Waals surface area contributed by atoms with Crippen LogP contribution in [0, 0.1) is 5.82 Å². The van der Waals surface area contributed by atoms with Crippen molar-refractivity contribution in [2.24, 2.45) is 5.73 Å². The van der Waals surface area contributed by atoms with Crippen molar-refractivity contribution in [3.63, 3.8) is 0 Å². The fraction of sp³-hybridized carbons (Fsp3) is 0.400. The third-order valence-corrected chi connectivity index (χ3v) is 1.73. The molecule has 0 atom stereocenters. The van der Waals surface area contributed by atoms with Crippen LogP contribution in [0.1, 0.15) is 19.4 Å². The van der Waals surface area contributed by atoms with E-state index in [1.807, 2.05) is 13.8 Å². The molecule has 3 heteroatoms. The summed E-state index contributed by atoms with van der Waals surface area (Å²) in [5.41, 5.74) is 7.22. The minimum absolute atomic E-state index is 0.241. The van der Waals surface area contributed by atoms with Crippen LogP contribution in [0.2, 0.25) is 0 Å². The van der Waals surface area contributed by atoms with E-state index in [0.29, 0.717) is 12.6 Å². The zero-order valence-electron chi connectivity index (χ0n) is 7.97. The lowest BCUT2D eigenvalue weighted by Crippen LogP contribution is -2.12. The van der Waals surface area contributed by atoms with Crippen molar-refractivity contribution >= 4 is 5.69 Å². The van der Waals surface area contributed by atoms with Gasteiger partial charge in [-0.2, -0.15) is 0 Å². The van der Waals surface area contributed by atoms with Crippen molar-refractivity contribution in [1.82, 2.24) is 0 Å². The molecular weight excluding hydrogens is 167 g/mol. The van der Waals surface area contributed by atoms with Crippen LogP contribution in [-0.4, -0.2) is 6.04 Å². The monoisotopic (exact) mass is 182 g/mol. The highest BCUT2D eigenvalue weighted by molar-refractivity contribution is 5.51. The van der Waals surface area contributed by atoms with E-state index in [1.54, 1.807) is 6.07 Å². The minimum Gasteiger partial charge on any atom is -0.383 e. The first-order valence-corrected chi connectivity index (χ1v) is 4.38. The Morgan fingerprint density at radius 1 is 1.46 bits per heavy atom. The molecular formula is C10H15FN2. The largest absolute Gasteiger partial charge is 0.383 e. The highest BCUT2D eigenvalue weighted by Gasteiger charge is 2.03. The molecule has 0 radical (unpaired) electrons. The first-order chi connectivity index (χ1) is 6.13. The van der Waals surface area contributed by atoms with Gasteiger partial charge in [0.2, 0.25) is 0 Å². The average Bonchev–Trinajstić information content (AvgIpc) is 2.07. The number of nitrogens with one attached hydrogen (secondary N) is 1. The number of halogens is 1. The summed E-state index contributed by atoms with van der Waals surface area (Å²) >= 11 is 0. The van der Waals surface area contributed by atoms with Crippen molar-refractivity contribution in [1.29, 1.82) is 0 Å². The second-order valence-electron chi connectivity index (χ2n) is 3.30. The summed E-state index contributed by atoms with van der Waals surface area (Å²) < 4.78 is 12.8. The molecule has 0 aliphatic carbocycles. The van der Waals surface area contributed by atoms with E-state index in [0.717, 1.165) is 11.3 Å². The van der Waals surface area contributed by atoms with Crippen molar-refractivity contribution in [2.75, 3.05) is 5.32 Å². The zero-order chi connectivity index (χ0) is 9.84. The van der Waals surface area contributed by atoms with E-state index in [-0.39, 0.29) is 5.82 Å². The van der Waals surface area contributed by atoms with Crippen molar-refractivity contribution in [2.45, 2.75) is 26.4 Å². The van der Waals surface area contributed by atoms with Gasteiger partial charge in [-0.3, -0.25) is 0 Å². The van der Waals surface area contributed by atoms with Gasteiger partial charge < -0.3 is 11.1 Å². The molecule has 0 heterocycles. The van der Waals surface area contributed by atoms with Gasteiger partial charge in [0.15, 0.2) is 0 Å². The fourth-order valence-electron chi connectivity index (χ4n) is 1.18. The molecule has 72 valence electrons. The zero-order valence-corrected chi connectivity index (χ0v) is 7.97. The Morgan fingerprint density at radius 2 is 2.15 bits per heavy atom. The maximum Gasteiger partial charge on any atom is 0.123 e. The Kier molecular flexibility index (Phi) is 3.25. The molecule has 1 aromatic rings.